The Balaban J connectivity index is 3.50. The zero-order valence-electron chi connectivity index (χ0n) is 6.97. The van der Waals surface area contributed by atoms with Crippen LogP contribution >= 0.6 is 15.9 Å². The highest BCUT2D eigenvalue weighted by molar-refractivity contribution is 9.10. The third-order valence-corrected chi connectivity index (χ3v) is 2.47. The number of nitrogen functional groups attached to an aromatic ring is 1. The van der Waals surface area contributed by atoms with E-state index in [1.165, 1.54) is 6.92 Å². The second kappa shape index (κ2) is 3.58. The molecule has 0 saturated heterocycles. The number of carbonyl (C=O) groups is 1. The molecule has 0 unspecified atom stereocenters. The smallest absolute Gasteiger partial charge is 0.163 e. The minimum atomic E-state index is -0.151. The fourth-order valence-corrected chi connectivity index (χ4v) is 1.76. The van der Waals surface area contributed by atoms with E-state index in [9.17, 15) is 4.79 Å². The van der Waals surface area contributed by atoms with E-state index in [0.717, 1.165) is 0 Å². The minimum Gasteiger partial charge on any atom is -0.398 e. The van der Waals surface area contributed by atoms with Crippen molar-refractivity contribution in [2.24, 2.45) is 0 Å². The Morgan fingerprint density at radius 3 is 2.69 bits per heavy atom. The summed E-state index contributed by atoms with van der Waals surface area (Å²) in [7, 11) is 0. The van der Waals surface area contributed by atoms with Gasteiger partial charge in [-0.05, 0) is 35.0 Å². The van der Waals surface area contributed by atoms with Crippen LogP contribution < -0.4 is 5.73 Å². The molecule has 0 bridgehead atoms. The maximum Gasteiger partial charge on any atom is 0.163 e. The quantitative estimate of drug-likeness (QED) is 0.602. The first kappa shape index (κ1) is 9.75. The Morgan fingerprint density at radius 1 is 1.62 bits per heavy atom. The molecule has 13 heavy (non-hydrogen) atoms. The van der Waals surface area contributed by atoms with Gasteiger partial charge >= 0.3 is 0 Å². The van der Waals surface area contributed by atoms with Crippen molar-refractivity contribution in [1.82, 2.24) is 0 Å². The van der Waals surface area contributed by atoms with Crippen LogP contribution in [0, 0.1) is 11.3 Å². The molecule has 0 atom stereocenters. The van der Waals surface area contributed by atoms with Gasteiger partial charge in [-0.3, -0.25) is 4.79 Å². The number of benzene rings is 1. The number of anilines is 1. The van der Waals surface area contributed by atoms with E-state index in [-0.39, 0.29) is 5.78 Å². The summed E-state index contributed by atoms with van der Waals surface area (Å²) in [6.07, 6.45) is 0. The molecule has 0 heterocycles. The molecule has 2 N–H and O–H groups in total. The summed E-state index contributed by atoms with van der Waals surface area (Å²) < 4.78 is 0.475. The molecule has 1 aromatic rings. The Kier molecular flexibility index (Phi) is 2.69. The first-order valence-electron chi connectivity index (χ1n) is 3.57. The summed E-state index contributed by atoms with van der Waals surface area (Å²) in [4.78, 5) is 11.1. The van der Waals surface area contributed by atoms with Crippen molar-refractivity contribution < 1.29 is 4.79 Å². The molecular weight excluding hydrogens is 232 g/mol. The molecule has 4 heteroatoms. The summed E-state index contributed by atoms with van der Waals surface area (Å²) in [5, 5.41) is 8.68. The highest BCUT2D eigenvalue weighted by atomic mass is 79.9. The van der Waals surface area contributed by atoms with E-state index in [0.29, 0.717) is 21.3 Å². The number of hydrogen-bond acceptors (Lipinski definition) is 3. The van der Waals surface area contributed by atoms with Crippen LogP contribution in [0.5, 0.6) is 0 Å². The highest BCUT2D eigenvalue weighted by Crippen LogP contribution is 2.26. The van der Waals surface area contributed by atoms with Crippen molar-refractivity contribution in [3.8, 4) is 6.07 Å². The normalized spacial score (nSPS) is 9.31. The molecule has 0 aromatic heterocycles. The van der Waals surface area contributed by atoms with Crippen LogP contribution in [0.25, 0.3) is 0 Å². The number of nitrogens with two attached hydrogens (primary N) is 1. The van der Waals surface area contributed by atoms with Gasteiger partial charge in [0.2, 0.25) is 0 Å². The van der Waals surface area contributed by atoms with E-state index in [4.69, 9.17) is 11.0 Å². The van der Waals surface area contributed by atoms with Gasteiger partial charge in [-0.25, -0.2) is 0 Å². The third kappa shape index (κ3) is 1.70. The van der Waals surface area contributed by atoms with Gasteiger partial charge in [0.15, 0.2) is 5.78 Å². The SMILES string of the molecule is CC(=O)c1c(N)ccc(C#N)c1Br. The van der Waals surface area contributed by atoms with E-state index < -0.39 is 0 Å². The standard InChI is InChI=1S/C9H7BrN2O/c1-5(13)8-7(12)3-2-6(4-11)9(8)10/h2-3H,12H2,1H3. The molecule has 0 aliphatic carbocycles. The van der Waals surface area contributed by atoms with Crippen LogP contribution in [0.15, 0.2) is 16.6 Å². The maximum absolute atomic E-state index is 11.1. The lowest BCUT2D eigenvalue weighted by Crippen LogP contribution is -2.02. The van der Waals surface area contributed by atoms with Gasteiger partial charge in [0, 0.05) is 10.2 Å². The number of Topliss-reactive ketones (excluding diaryl/α,β-unsaturated/α-hetero) is 1. The summed E-state index contributed by atoms with van der Waals surface area (Å²) in [6.45, 7) is 1.41. The lowest BCUT2D eigenvalue weighted by Gasteiger charge is -2.05. The summed E-state index contributed by atoms with van der Waals surface area (Å²) in [6, 6.07) is 5.09. The van der Waals surface area contributed by atoms with Crippen molar-refractivity contribution in [1.29, 1.82) is 5.26 Å². The summed E-state index contributed by atoms with van der Waals surface area (Å²) >= 11 is 3.17. The molecule has 1 aromatic carbocycles. The molecule has 66 valence electrons. The van der Waals surface area contributed by atoms with Gasteiger partial charge in [0.1, 0.15) is 6.07 Å². The Labute approximate surface area is 84.3 Å². The average molecular weight is 239 g/mol. The number of rotatable bonds is 1. The fourth-order valence-electron chi connectivity index (χ4n) is 1.04. The number of carbonyl (C=O) groups excluding carboxylic acids is 1. The molecule has 3 nitrogen and oxygen atoms in total. The van der Waals surface area contributed by atoms with Gasteiger partial charge in [-0.2, -0.15) is 5.26 Å². The van der Waals surface area contributed by atoms with Crippen molar-refractivity contribution in [3.63, 3.8) is 0 Å². The van der Waals surface area contributed by atoms with Crippen LogP contribution in [0.4, 0.5) is 5.69 Å². The number of ketones is 1. The fraction of sp³-hybridized carbons (Fsp3) is 0.111. The molecule has 1 rings (SSSR count). The largest absolute Gasteiger partial charge is 0.398 e. The molecule has 0 amide bonds. The molecule has 0 saturated carbocycles. The number of halogens is 1. The van der Waals surface area contributed by atoms with Gasteiger partial charge in [-0.15, -0.1) is 0 Å². The van der Waals surface area contributed by atoms with E-state index in [1.54, 1.807) is 12.1 Å². The lowest BCUT2D eigenvalue weighted by molar-refractivity contribution is 0.101. The van der Waals surface area contributed by atoms with Crippen molar-refractivity contribution in [2.75, 3.05) is 5.73 Å². The first-order chi connectivity index (χ1) is 6.07. The van der Waals surface area contributed by atoms with Crippen LogP contribution in [0.3, 0.4) is 0 Å². The zero-order chi connectivity index (χ0) is 10.0. The average Bonchev–Trinajstić information content (AvgIpc) is 2.04. The number of nitrogens with zero attached hydrogens (tertiary/aromatic N) is 1. The van der Waals surface area contributed by atoms with Crippen LogP contribution in [0.1, 0.15) is 22.8 Å². The predicted molar refractivity (Wildman–Crippen MR) is 53.3 cm³/mol. The highest BCUT2D eigenvalue weighted by Gasteiger charge is 2.12. The molecular formula is C9H7BrN2O. The monoisotopic (exact) mass is 238 g/mol. The second-order valence-corrected chi connectivity index (χ2v) is 3.35. The number of nitriles is 1. The van der Waals surface area contributed by atoms with E-state index in [2.05, 4.69) is 15.9 Å². The van der Waals surface area contributed by atoms with Crippen molar-refractivity contribution in [3.05, 3.63) is 27.7 Å². The van der Waals surface area contributed by atoms with Gasteiger partial charge < -0.3 is 5.73 Å². The Bertz CT molecular complexity index is 407. The van der Waals surface area contributed by atoms with Gasteiger partial charge in [0.25, 0.3) is 0 Å². The van der Waals surface area contributed by atoms with Crippen molar-refractivity contribution >= 4 is 27.4 Å². The van der Waals surface area contributed by atoms with E-state index in [1.807, 2.05) is 6.07 Å². The number of hydrogen-bond donors (Lipinski definition) is 1. The maximum atomic E-state index is 11.1. The molecule has 0 spiro atoms. The molecule has 0 aliphatic heterocycles. The molecule has 0 fully saturated rings. The summed E-state index contributed by atoms with van der Waals surface area (Å²) in [5.41, 5.74) is 6.76. The van der Waals surface area contributed by atoms with Crippen molar-refractivity contribution in [2.45, 2.75) is 6.92 Å². The van der Waals surface area contributed by atoms with Crippen LogP contribution in [-0.4, -0.2) is 5.78 Å². The third-order valence-electron chi connectivity index (χ3n) is 1.65. The topological polar surface area (TPSA) is 66.9 Å². The molecule has 0 radical (unpaired) electrons. The van der Waals surface area contributed by atoms with Crippen LogP contribution in [-0.2, 0) is 0 Å². The van der Waals surface area contributed by atoms with Gasteiger partial charge in [0.05, 0.1) is 11.1 Å². The first-order valence-corrected chi connectivity index (χ1v) is 4.36. The lowest BCUT2D eigenvalue weighted by atomic mass is 10.1. The predicted octanol–water partition coefficient (Wildman–Crippen LogP) is 2.11. The zero-order valence-corrected chi connectivity index (χ0v) is 8.55. The Hall–Kier alpha value is -1.34. The minimum absolute atomic E-state index is 0.151. The summed E-state index contributed by atoms with van der Waals surface area (Å²) in [5.74, 6) is -0.151. The Morgan fingerprint density at radius 2 is 2.23 bits per heavy atom. The second-order valence-electron chi connectivity index (χ2n) is 2.56. The van der Waals surface area contributed by atoms with Crippen LogP contribution in [0.2, 0.25) is 0 Å². The van der Waals surface area contributed by atoms with Gasteiger partial charge in [-0.1, -0.05) is 0 Å². The van der Waals surface area contributed by atoms with E-state index >= 15 is 0 Å². The molecule has 0 aliphatic rings.